The molecule has 5 nitrogen and oxygen atoms in total. The van der Waals surface area contributed by atoms with E-state index in [2.05, 4.69) is 5.32 Å². The number of hydrogen-bond acceptors (Lipinski definition) is 4. The molecular formula is C13H11N3O2. The van der Waals surface area contributed by atoms with Crippen molar-refractivity contribution in [3.63, 3.8) is 0 Å². The first-order chi connectivity index (χ1) is 8.65. The van der Waals surface area contributed by atoms with Gasteiger partial charge in [0.15, 0.2) is 0 Å². The van der Waals surface area contributed by atoms with Crippen molar-refractivity contribution in [2.75, 3.05) is 5.32 Å². The summed E-state index contributed by atoms with van der Waals surface area (Å²) in [5.41, 5.74) is 1.11. The van der Waals surface area contributed by atoms with E-state index in [1.165, 1.54) is 12.1 Å². The Kier molecular flexibility index (Phi) is 3.16. The van der Waals surface area contributed by atoms with Crippen molar-refractivity contribution >= 4 is 11.7 Å². The first-order valence-corrected chi connectivity index (χ1v) is 5.59. The highest BCUT2D eigenvalue weighted by molar-refractivity contribution is 5.78. The van der Waals surface area contributed by atoms with Crippen LogP contribution in [0.15, 0.2) is 18.2 Å². The zero-order chi connectivity index (χ0) is 13.1. The fraction of sp³-hybridized carbons (Fsp3) is 0.308. The third kappa shape index (κ3) is 2.41. The molecule has 1 aliphatic rings. The number of hydrogen-bond donors (Lipinski definition) is 2. The fourth-order valence-corrected chi connectivity index (χ4v) is 1.81. The molecule has 1 saturated carbocycles. The van der Waals surface area contributed by atoms with Crippen LogP contribution in [0.2, 0.25) is 0 Å². The third-order valence-corrected chi connectivity index (χ3v) is 2.94. The van der Waals surface area contributed by atoms with Gasteiger partial charge in [0, 0.05) is 5.69 Å². The van der Waals surface area contributed by atoms with Gasteiger partial charge in [0.1, 0.15) is 18.2 Å². The molecule has 0 amide bonds. The minimum absolute atomic E-state index is 0.156. The van der Waals surface area contributed by atoms with Gasteiger partial charge in [-0.3, -0.25) is 0 Å². The lowest BCUT2D eigenvalue weighted by atomic mass is 10.1. The van der Waals surface area contributed by atoms with Crippen LogP contribution < -0.4 is 5.32 Å². The highest BCUT2D eigenvalue weighted by Gasteiger charge is 2.36. The molecule has 0 spiro atoms. The number of carboxylic acids is 1. The van der Waals surface area contributed by atoms with Crippen molar-refractivity contribution in [1.29, 1.82) is 10.5 Å². The van der Waals surface area contributed by atoms with Gasteiger partial charge in [-0.1, -0.05) is 0 Å². The molecular weight excluding hydrogens is 230 g/mol. The van der Waals surface area contributed by atoms with E-state index in [0.29, 0.717) is 11.3 Å². The number of nitrogens with one attached hydrogen (secondary N) is 1. The molecule has 18 heavy (non-hydrogen) atoms. The number of benzene rings is 1. The van der Waals surface area contributed by atoms with Gasteiger partial charge in [-0.25, -0.2) is 4.79 Å². The van der Waals surface area contributed by atoms with Gasteiger partial charge in [0.25, 0.3) is 0 Å². The van der Waals surface area contributed by atoms with Gasteiger partial charge in [-0.05, 0) is 37.0 Å². The Hall–Kier alpha value is -2.53. The van der Waals surface area contributed by atoms with Gasteiger partial charge >= 0.3 is 5.97 Å². The van der Waals surface area contributed by atoms with Crippen molar-refractivity contribution in [3.05, 3.63) is 29.3 Å². The number of carboxylic acid groups (broad SMARTS) is 1. The second kappa shape index (κ2) is 4.77. The smallest absolute Gasteiger partial charge is 0.326 e. The first-order valence-electron chi connectivity index (χ1n) is 5.59. The SMILES string of the molecule is N#Cc1ccc(NC(C(=O)O)C2CC2)cc1C#N. The Morgan fingerprint density at radius 1 is 1.33 bits per heavy atom. The zero-order valence-electron chi connectivity index (χ0n) is 9.55. The number of nitriles is 2. The van der Waals surface area contributed by atoms with Gasteiger partial charge in [0.05, 0.1) is 11.1 Å². The van der Waals surface area contributed by atoms with E-state index in [1.54, 1.807) is 6.07 Å². The monoisotopic (exact) mass is 241 g/mol. The van der Waals surface area contributed by atoms with E-state index < -0.39 is 12.0 Å². The van der Waals surface area contributed by atoms with E-state index in [-0.39, 0.29) is 11.5 Å². The van der Waals surface area contributed by atoms with Crippen molar-refractivity contribution < 1.29 is 9.90 Å². The van der Waals surface area contributed by atoms with Gasteiger partial charge in [0.2, 0.25) is 0 Å². The van der Waals surface area contributed by atoms with Crippen molar-refractivity contribution in [1.82, 2.24) is 0 Å². The Morgan fingerprint density at radius 3 is 2.50 bits per heavy atom. The average molecular weight is 241 g/mol. The highest BCUT2D eigenvalue weighted by Crippen LogP contribution is 2.34. The van der Waals surface area contributed by atoms with Crippen LogP contribution in [0.5, 0.6) is 0 Å². The normalized spacial score (nSPS) is 15.2. The van der Waals surface area contributed by atoms with Crippen LogP contribution in [0.25, 0.3) is 0 Å². The minimum atomic E-state index is -0.889. The number of rotatable bonds is 4. The minimum Gasteiger partial charge on any atom is -0.480 e. The van der Waals surface area contributed by atoms with Gasteiger partial charge in [-0.15, -0.1) is 0 Å². The summed E-state index contributed by atoms with van der Waals surface area (Å²) in [6.45, 7) is 0. The van der Waals surface area contributed by atoms with Gasteiger partial charge < -0.3 is 10.4 Å². The second-order valence-electron chi connectivity index (χ2n) is 4.28. The van der Waals surface area contributed by atoms with E-state index in [9.17, 15) is 4.79 Å². The molecule has 1 aromatic rings. The van der Waals surface area contributed by atoms with E-state index in [0.717, 1.165) is 12.8 Å². The molecule has 1 unspecified atom stereocenters. The first kappa shape index (κ1) is 11.9. The molecule has 0 aromatic heterocycles. The maximum absolute atomic E-state index is 11.1. The number of anilines is 1. The van der Waals surface area contributed by atoms with Crippen LogP contribution in [0.3, 0.4) is 0 Å². The number of aliphatic carboxylic acids is 1. The Bertz CT molecular complexity index is 565. The molecule has 1 fully saturated rings. The summed E-state index contributed by atoms with van der Waals surface area (Å²) in [7, 11) is 0. The fourth-order valence-electron chi connectivity index (χ4n) is 1.81. The van der Waals surface area contributed by atoms with E-state index in [1.807, 2.05) is 12.1 Å². The van der Waals surface area contributed by atoms with Crippen molar-refractivity contribution in [2.24, 2.45) is 5.92 Å². The molecule has 1 aliphatic carbocycles. The maximum Gasteiger partial charge on any atom is 0.326 e. The van der Waals surface area contributed by atoms with Gasteiger partial charge in [-0.2, -0.15) is 10.5 Å². The van der Waals surface area contributed by atoms with Crippen LogP contribution in [0.1, 0.15) is 24.0 Å². The standard InChI is InChI=1S/C13H11N3O2/c14-6-9-3-4-11(5-10(9)7-15)16-12(13(17)18)8-1-2-8/h3-5,8,12,16H,1-2H2,(H,17,18). The van der Waals surface area contributed by atoms with Crippen LogP contribution in [-0.2, 0) is 4.79 Å². The summed E-state index contributed by atoms with van der Waals surface area (Å²) in [5, 5.41) is 29.7. The molecule has 90 valence electrons. The summed E-state index contributed by atoms with van der Waals surface area (Å²) in [6.07, 6.45) is 1.82. The molecule has 0 radical (unpaired) electrons. The molecule has 1 atom stereocenters. The lowest BCUT2D eigenvalue weighted by Crippen LogP contribution is -2.31. The lowest BCUT2D eigenvalue weighted by Gasteiger charge is -2.15. The lowest BCUT2D eigenvalue weighted by molar-refractivity contribution is -0.138. The van der Waals surface area contributed by atoms with Crippen LogP contribution in [0, 0.1) is 28.6 Å². The topological polar surface area (TPSA) is 96.9 Å². The molecule has 0 saturated heterocycles. The number of carbonyl (C=O) groups is 1. The summed E-state index contributed by atoms with van der Waals surface area (Å²) in [6, 6.07) is 7.88. The predicted octanol–water partition coefficient (Wildman–Crippen LogP) is 1.71. The summed E-state index contributed by atoms with van der Waals surface area (Å²) in [4.78, 5) is 11.1. The molecule has 0 aliphatic heterocycles. The Labute approximate surface area is 104 Å². The third-order valence-electron chi connectivity index (χ3n) is 2.94. The van der Waals surface area contributed by atoms with Crippen molar-refractivity contribution in [3.8, 4) is 12.1 Å². The summed E-state index contributed by atoms with van der Waals surface area (Å²) < 4.78 is 0. The quantitative estimate of drug-likeness (QED) is 0.836. The Balaban J connectivity index is 2.22. The molecule has 5 heteroatoms. The average Bonchev–Trinajstić information content (AvgIpc) is 3.19. The summed E-state index contributed by atoms with van der Waals surface area (Å²) in [5.74, 6) is -0.732. The molecule has 0 bridgehead atoms. The molecule has 1 aromatic carbocycles. The maximum atomic E-state index is 11.1. The van der Waals surface area contributed by atoms with Crippen molar-refractivity contribution in [2.45, 2.75) is 18.9 Å². The van der Waals surface area contributed by atoms with Crippen LogP contribution in [0.4, 0.5) is 5.69 Å². The Morgan fingerprint density at radius 2 is 2.00 bits per heavy atom. The predicted molar refractivity (Wildman–Crippen MR) is 63.6 cm³/mol. The van der Waals surface area contributed by atoms with E-state index in [4.69, 9.17) is 15.6 Å². The van der Waals surface area contributed by atoms with E-state index >= 15 is 0 Å². The highest BCUT2D eigenvalue weighted by atomic mass is 16.4. The molecule has 2 rings (SSSR count). The largest absolute Gasteiger partial charge is 0.480 e. The second-order valence-corrected chi connectivity index (χ2v) is 4.28. The molecule has 2 N–H and O–H groups in total. The number of nitrogens with zero attached hydrogens (tertiary/aromatic N) is 2. The zero-order valence-corrected chi connectivity index (χ0v) is 9.55. The summed E-state index contributed by atoms with van der Waals surface area (Å²) >= 11 is 0. The van der Waals surface area contributed by atoms with Crippen LogP contribution in [-0.4, -0.2) is 17.1 Å². The van der Waals surface area contributed by atoms with Crippen LogP contribution >= 0.6 is 0 Å². The molecule has 0 heterocycles.